The summed E-state index contributed by atoms with van der Waals surface area (Å²) in [5.74, 6) is -0.0697. The molecular formula is C19H28FN3O2. The topological polar surface area (TPSA) is 61.4 Å². The maximum Gasteiger partial charge on any atom is 0.317 e. The standard InChI is InChI=1S/C19H28FN3O2/c1-13(2)18(11-15-6-8-16(20)9-7-15)22-19(25)23-10-4-5-17(12-23)21-14(3)24/h6-9,13,17-18H,4-5,10-12H2,1-3H3,(H,21,24)(H,22,25). The predicted molar refractivity (Wildman–Crippen MR) is 95.7 cm³/mol. The third-order valence-electron chi connectivity index (χ3n) is 4.60. The number of urea groups is 1. The van der Waals surface area contributed by atoms with Gasteiger partial charge < -0.3 is 15.5 Å². The number of rotatable bonds is 5. The number of piperidine rings is 1. The molecule has 0 saturated carbocycles. The highest BCUT2D eigenvalue weighted by Gasteiger charge is 2.26. The smallest absolute Gasteiger partial charge is 0.317 e. The van der Waals surface area contributed by atoms with Gasteiger partial charge in [-0.3, -0.25) is 4.79 Å². The minimum Gasteiger partial charge on any atom is -0.352 e. The summed E-state index contributed by atoms with van der Waals surface area (Å²) in [7, 11) is 0. The second-order valence-electron chi connectivity index (χ2n) is 7.12. The molecule has 6 heteroatoms. The van der Waals surface area contributed by atoms with Gasteiger partial charge in [0, 0.05) is 32.1 Å². The van der Waals surface area contributed by atoms with E-state index in [4.69, 9.17) is 0 Å². The first-order valence-electron chi connectivity index (χ1n) is 8.92. The fraction of sp³-hybridized carbons (Fsp3) is 0.579. The monoisotopic (exact) mass is 349 g/mol. The summed E-state index contributed by atoms with van der Waals surface area (Å²) < 4.78 is 13.1. The number of nitrogens with one attached hydrogen (secondary N) is 2. The van der Waals surface area contributed by atoms with Crippen LogP contribution in [0.1, 0.15) is 39.2 Å². The second kappa shape index (κ2) is 8.83. The Labute approximate surface area is 149 Å². The first kappa shape index (κ1) is 19.2. The highest BCUT2D eigenvalue weighted by Crippen LogP contribution is 2.14. The van der Waals surface area contributed by atoms with Gasteiger partial charge in [-0.1, -0.05) is 26.0 Å². The van der Waals surface area contributed by atoms with Gasteiger partial charge in [0.1, 0.15) is 5.82 Å². The van der Waals surface area contributed by atoms with E-state index in [2.05, 4.69) is 24.5 Å². The lowest BCUT2D eigenvalue weighted by atomic mass is 9.96. The van der Waals surface area contributed by atoms with Crippen molar-refractivity contribution in [1.29, 1.82) is 0 Å². The summed E-state index contributed by atoms with van der Waals surface area (Å²) in [6.45, 7) is 6.85. The van der Waals surface area contributed by atoms with E-state index in [9.17, 15) is 14.0 Å². The van der Waals surface area contributed by atoms with Gasteiger partial charge in [-0.05, 0) is 42.9 Å². The predicted octanol–water partition coefficient (Wildman–Crippen LogP) is 2.70. The van der Waals surface area contributed by atoms with E-state index in [0.717, 1.165) is 18.4 Å². The number of amides is 3. The number of nitrogens with zero attached hydrogens (tertiary/aromatic N) is 1. The highest BCUT2D eigenvalue weighted by atomic mass is 19.1. The zero-order valence-corrected chi connectivity index (χ0v) is 15.2. The lowest BCUT2D eigenvalue weighted by molar-refractivity contribution is -0.119. The molecule has 1 aliphatic heterocycles. The van der Waals surface area contributed by atoms with Crippen molar-refractivity contribution in [2.45, 2.75) is 52.1 Å². The van der Waals surface area contributed by atoms with Crippen LogP contribution < -0.4 is 10.6 Å². The Hall–Kier alpha value is -2.11. The van der Waals surface area contributed by atoms with Gasteiger partial charge >= 0.3 is 6.03 Å². The summed E-state index contributed by atoms with van der Waals surface area (Å²) in [6.07, 6.45) is 2.43. The number of hydrogen-bond acceptors (Lipinski definition) is 2. The van der Waals surface area contributed by atoms with Crippen LogP contribution in [0.5, 0.6) is 0 Å². The van der Waals surface area contributed by atoms with Gasteiger partial charge in [-0.15, -0.1) is 0 Å². The number of benzene rings is 1. The largest absolute Gasteiger partial charge is 0.352 e. The molecule has 0 spiro atoms. The third kappa shape index (κ3) is 6.03. The average molecular weight is 349 g/mol. The molecule has 2 rings (SSSR count). The maximum atomic E-state index is 13.1. The van der Waals surface area contributed by atoms with Crippen LogP contribution in [0.25, 0.3) is 0 Å². The highest BCUT2D eigenvalue weighted by molar-refractivity contribution is 5.75. The van der Waals surface area contributed by atoms with Crippen LogP contribution in [0, 0.1) is 11.7 Å². The third-order valence-corrected chi connectivity index (χ3v) is 4.60. The lowest BCUT2D eigenvalue weighted by Gasteiger charge is -2.34. The second-order valence-corrected chi connectivity index (χ2v) is 7.12. The van der Waals surface area contributed by atoms with E-state index in [-0.39, 0.29) is 35.8 Å². The molecule has 1 heterocycles. The van der Waals surface area contributed by atoms with E-state index in [1.165, 1.54) is 19.1 Å². The van der Waals surface area contributed by atoms with Gasteiger partial charge in [0.15, 0.2) is 0 Å². The Bertz CT molecular complexity index is 589. The molecule has 5 nitrogen and oxygen atoms in total. The first-order valence-corrected chi connectivity index (χ1v) is 8.92. The van der Waals surface area contributed by atoms with E-state index >= 15 is 0 Å². The number of carbonyl (C=O) groups excluding carboxylic acids is 2. The SMILES string of the molecule is CC(=O)NC1CCCN(C(=O)NC(Cc2ccc(F)cc2)C(C)C)C1. The molecule has 1 saturated heterocycles. The summed E-state index contributed by atoms with van der Waals surface area (Å²) in [4.78, 5) is 25.6. The zero-order chi connectivity index (χ0) is 18.4. The summed E-state index contributed by atoms with van der Waals surface area (Å²) in [5.41, 5.74) is 0.996. The van der Waals surface area contributed by atoms with Crippen molar-refractivity contribution in [1.82, 2.24) is 15.5 Å². The molecule has 0 radical (unpaired) electrons. The molecule has 1 fully saturated rings. The van der Waals surface area contributed by atoms with Gasteiger partial charge in [0.25, 0.3) is 0 Å². The van der Waals surface area contributed by atoms with Crippen LogP contribution in [0.2, 0.25) is 0 Å². The summed E-state index contributed by atoms with van der Waals surface area (Å²) in [6, 6.07) is 6.28. The Morgan fingerprint density at radius 3 is 2.56 bits per heavy atom. The van der Waals surface area contributed by atoms with E-state index in [1.807, 2.05) is 0 Å². The first-order chi connectivity index (χ1) is 11.8. The summed E-state index contributed by atoms with van der Waals surface area (Å²) in [5, 5.41) is 6.00. The van der Waals surface area contributed by atoms with Crippen molar-refractivity contribution in [2.75, 3.05) is 13.1 Å². The molecule has 1 aromatic carbocycles. The number of carbonyl (C=O) groups is 2. The molecule has 0 aliphatic carbocycles. The van der Waals surface area contributed by atoms with E-state index < -0.39 is 0 Å². The Balaban J connectivity index is 1.95. The van der Waals surface area contributed by atoms with E-state index in [0.29, 0.717) is 19.5 Å². The van der Waals surface area contributed by atoms with E-state index in [1.54, 1.807) is 17.0 Å². The number of likely N-dealkylation sites (tertiary alicyclic amines) is 1. The minimum absolute atomic E-state index is 0.0200. The lowest BCUT2D eigenvalue weighted by Crippen LogP contribution is -2.54. The maximum absolute atomic E-state index is 13.1. The van der Waals surface area contributed by atoms with Crippen molar-refractivity contribution in [2.24, 2.45) is 5.92 Å². The molecule has 1 aliphatic rings. The van der Waals surface area contributed by atoms with Crippen LogP contribution in [0.3, 0.4) is 0 Å². The van der Waals surface area contributed by atoms with Crippen molar-refractivity contribution in [3.63, 3.8) is 0 Å². The molecule has 3 amide bonds. The van der Waals surface area contributed by atoms with Crippen LogP contribution >= 0.6 is 0 Å². The molecule has 1 aromatic rings. The Morgan fingerprint density at radius 1 is 1.28 bits per heavy atom. The molecule has 25 heavy (non-hydrogen) atoms. The van der Waals surface area contributed by atoms with Gasteiger partial charge in [0.05, 0.1) is 0 Å². The minimum atomic E-state index is -0.258. The van der Waals surface area contributed by atoms with Crippen LogP contribution in [-0.2, 0) is 11.2 Å². The molecule has 2 unspecified atom stereocenters. The fourth-order valence-electron chi connectivity index (χ4n) is 3.14. The molecule has 0 bridgehead atoms. The van der Waals surface area contributed by atoms with Crippen LogP contribution in [-0.4, -0.2) is 42.0 Å². The molecule has 0 aromatic heterocycles. The molecule has 138 valence electrons. The molecular weight excluding hydrogens is 321 g/mol. The van der Waals surface area contributed by atoms with Crippen molar-refractivity contribution in [3.8, 4) is 0 Å². The van der Waals surface area contributed by atoms with Gasteiger partial charge in [-0.25, -0.2) is 9.18 Å². The van der Waals surface area contributed by atoms with Crippen LogP contribution in [0.15, 0.2) is 24.3 Å². The quantitative estimate of drug-likeness (QED) is 0.859. The Morgan fingerprint density at radius 2 is 1.96 bits per heavy atom. The van der Waals surface area contributed by atoms with Crippen LogP contribution in [0.4, 0.5) is 9.18 Å². The van der Waals surface area contributed by atoms with Crippen molar-refractivity contribution in [3.05, 3.63) is 35.6 Å². The zero-order valence-electron chi connectivity index (χ0n) is 15.2. The number of halogens is 1. The normalized spacial score (nSPS) is 18.8. The fourth-order valence-corrected chi connectivity index (χ4v) is 3.14. The molecule has 2 atom stereocenters. The summed E-state index contributed by atoms with van der Waals surface area (Å²) >= 11 is 0. The van der Waals surface area contributed by atoms with Gasteiger partial charge in [-0.2, -0.15) is 0 Å². The molecule has 2 N–H and O–H groups in total. The van der Waals surface area contributed by atoms with Gasteiger partial charge in [0.2, 0.25) is 5.91 Å². The van der Waals surface area contributed by atoms with Crippen molar-refractivity contribution >= 4 is 11.9 Å². The average Bonchev–Trinajstić information content (AvgIpc) is 2.55. The Kier molecular flexibility index (Phi) is 6.79. The van der Waals surface area contributed by atoms with Crippen molar-refractivity contribution < 1.29 is 14.0 Å². The number of hydrogen-bond donors (Lipinski definition) is 2.